The van der Waals surface area contributed by atoms with Gasteiger partial charge in [0.25, 0.3) is 0 Å². The number of rotatable bonds is 6. The lowest BCUT2D eigenvalue weighted by Gasteiger charge is -2.19. The first-order valence-corrected chi connectivity index (χ1v) is 10.3. The number of alkyl halides is 8. The predicted octanol–water partition coefficient (Wildman–Crippen LogP) is 5.39. The smallest absolute Gasteiger partial charge is 0.320 e. The van der Waals surface area contributed by atoms with E-state index in [0.717, 1.165) is 36.7 Å². The number of nitrogens with one attached hydrogen (secondary N) is 2. The lowest BCUT2D eigenvalue weighted by molar-refractivity contribution is -0.292. The van der Waals surface area contributed by atoms with Crippen LogP contribution in [0.15, 0.2) is 18.5 Å². The second-order valence-electron chi connectivity index (χ2n) is 7.54. The lowest BCUT2D eigenvalue weighted by atomic mass is 10.1. The van der Waals surface area contributed by atoms with Crippen LogP contribution in [-0.2, 0) is 19.1 Å². The maximum atomic E-state index is 13.9. The zero-order chi connectivity index (χ0) is 24.3. The molecule has 0 aromatic carbocycles. The van der Waals surface area contributed by atoms with Gasteiger partial charge in [-0.3, -0.25) is 0 Å². The summed E-state index contributed by atoms with van der Waals surface area (Å²) >= 11 is 1.31. The minimum atomic E-state index is -6.26. The summed E-state index contributed by atoms with van der Waals surface area (Å²) in [5.41, 5.74) is 2.62. The minimum Gasteiger partial charge on any atom is -0.320 e. The van der Waals surface area contributed by atoms with Gasteiger partial charge in [0.2, 0.25) is 0 Å². The second kappa shape index (κ2) is 7.68. The van der Waals surface area contributed by atoms with Crippen molar-refractivity contribution in [3.8, 4) is 16.3 Å². The van der Waals surface area contributed by atoms with Crippen LogP contribution >= 0.6 is 11.3 Å². The van der Waals surface area contributed by atoms with E-state index in [2.05, 4.69) is 21.0 Å². The van der Waals surface area contributed by atoms with Gasteiger partial charge in [-0.1, -0.05) is 0 Å². The first-order chi connectivity index (χ1) is 15.2. The summed E-state index contributed by atoms with van der Waals surface area (Å²) in [6, 6.07) is 2.10. The average molecular weight is 500 g/mol. The Morgan fingerprint density at radius 3 is 2.33 bits per heavy atom. The van der Waals surface area contributed by atoms with Gasteiger partial charge in [-0.25, -0.2) is 14.8 Å². The van der Waals surface area contributed by atoms with Crippen molar-refractivity contribution in [2.24, 2.45) is 7.05 Å². The normalized spacial score (nSPS) is 15.3. The predicted molar refractivity (Wildman–Crippen MR) is 103 cm³/mol. The highest BCUT2D eigenvalue weighted by atomic mass is 32.1. The molecule has 1 aliphatic carbocycles. The number of hydrogen-bond donors (Lipinski definition) is 2. The average Bonchev–Trinajstić information content (AvgIpc) is 3.07. The van der Waals surface area contributed by atoms with Crippen molar-refractivity contribution in [2.45, 2.75) is 44.1 Å². The summed E-state index contributed by atoms with van der Waals surface area (Å²) in [4.78, 5) is 1.48. The molecule has 0 bridgehead atoms. The number of halogens is 8. The zero-order valence-corrected chi connectivity index (χ0v) is 17.8. The van der Waals surface area contributed by atoms with Gasteiger partial charge >= 0.3 is 18.3 Å². The molecule has 0 amide bonds. The van der Waals surface area contributed by atoms with Crippen LogP contribution in [0, 0.1) is 6.92 Å². The molecule has 0 unspecified atom stereocenters. The Hall–Kier alpha value is -2.68. The summed E-state index contributed by atoms with van der Waals surface area (Å²) in [5, 5.41) is 6.67. The van der Waals surface area contributed by atoms with Crippen LogP contribution in [-0.4, -0.2) is 31.8 Å². The van der Waals surface area contributed by atoms with Gasteiger partial charge in [0.05, 0.1) is 11.9 Å². The molecule has 15 heteroatoms. The van der Waals surface area contributed by atoms with Crippen molar-refractivity contribution in [1.82, 2.24) is 25.0 Å². The number of hydrazine groups is 1. The largest absolute Gasteiger partial charge is 0.459 e. The molecule has 0 radical (unpaired) electrons. The van der Waals surface area contributed by atoms with E-state index >= 15 is 0 Å². The molecule has 33 heavy (non-hydrogen) atoms. The number of aryl methyl sites for hydroxylation is 2. The molecular formula is C18H16F8N6S. The maximum Gasteiger partial charge on any atom is 0.459 e. The van der Waals surface area contributed by atoms with E-state index in [1.807, 2.05) is 6.92 Å². The van der Waals surface area contributed by atoms with Crippen LogP contribution in [0.3, 0.4) is 0 Å². The Morgan fingerprint density at radius 1 is 1.09 bits per heavy atom. The fourth-order valence-electron chi connectivity index (χ4n) is 3.11. The van der Waals surface area contributed by atoms with Gasteiger partial charge < -0.3 is 5.43 Å². The van der Waals surface area contributed by atoms with E-state index in [4.69, 9.17) is 0 Å². The molecule has 4 rings (SSSR count). The van der Waals surface area contributed by atoms with Crippen LogP contribution in [0.5, 0.6) is 0 Å². The molecular weight excluding hydrogens is 484 g/mol. The van der Waals surface area contributed by atoms with Crippen molar-refractivity contribution in [3.63, 3.8) is 0 Å². The van der Waals surface area contributed by atoms with Gasteiger partial charge in [0.1, 0.15) is 5.56 Å². The first-order valence-electron chi connectivity index (χ1n) is 9.46. The Bertz CT molecular complexity index is 1170. The van der Waals surface area contributed by atoms with Gasteiger partial charge in [0, 0.05) is 34.6 Å². The highest BCUT2D eigenvalue weighted by Gasteiger charge is 2.64. The fourth-order valence-corrected chi connectivity index (χ4v) is 4.06. The highest BCUT2D eigenvalue weighted by molar-refractivity contribution is 7.16. The summed E-state index contributed by atoms with van der Waals surface area (Å²) in [6.45, 7) is 1.82. The van der Waals surface area contributed by atoms with Crippen molar-refractivity contribution >= 4 is 17.0 Å². The van der Waals surface area contributed by atoms with Crippen molar-refractivity contribution in [1.29, 1.82) is 0 Å². The van der Waals surface area contributed by atoms with Crippen LogP contribution in [0.1, 0.15) is 29.0 Å². The van der Waals surface area contributed by atoms with Gasteiger partial charge in [-0.05, 0) is 25.8 Å². The lowest BCUT2D eigenvalue weighted by Crippen LogP contribution is -2.36. The van der Waals surface area contributed by atoms with E-state index in [9.17, 15) is 35.1 Å². The molecule has 0 saturated heterocycles. The monoisotopic (exact) mass is 500 g/mol. The summed E-state index contributed by atoms with van der Waals surface area (Å²) < 4.78 is 108. The summed E-state index contributed by atoms with van der Waals surface area (Å²) in [7, 11) is 0.836. The van der Waals surface area contributed by atoms with Gasteiger partial charge in [0.15, 0.2) is 11.5 Å². The number of hydrogen-bond acceptors (Lipinski definition) is 5. The molecule has 0 aliphatic heterocycles. The minimum absolute atomic E-state index is 0.306. The van der Waals surface area contributed by atoms with Crippen molar-refractivity contribution in [3.05, 3.63) is 34.6 Å². The van der Waals surface area contributed by atoms with Crippen LogP contribution < -0.4 is 10.9 Å². The molecule has 3 aromatic rings. The Morgan fingerprint density at radius 2 is 1.76 bits per heavy atom. The molecule has 1 aliphatic rings. The molecule has 0 spiro atoms. The van der Waals surface area contributed by atoms with Crippen molar-refractivity contribution in [2.75, 3.05) is 5.43 Å². The Balaban J connectivity index is 1.75. The molecule has 1 fully saturated rings. The van der Waals surface area contributed by atoms with E-state index in [1.165, 1.54) is 17.5 Å². The van der Waals surface area contributed by atoms with Crippen LogP contribution in [0.4, 0.5) is 40.8 Å². The highest BCUT2D eigenvalue weighted by Crippen LogP contribution is 2.49. The molecule has 0 atom stereocenters. The summed E-state index contributed by atoms with van der Waals surface area (Å²) in [5.74, 6) is -6.88. The number of anilines is 1. The third kappa shape index (κ3) is 4.30. The van der Waals surface area contributed by atoms with E-state index < -0.39 is 35.4 Å². The van der Waals surface area contributed by atoms with E-state index in [0.29, 0.717) is 25.8 Å². The van der Waals surface area contributed by atoms with E-state index in [-0.39, 0.29) is 0 Å². The molecule has 1 saturated carbocycles. The molecule has 180 valence electrons. The first kappa shape index (κ1) is 23.5. The zero-order valence-electron chi connectivity index (χ0n) is 16.9. The molecule has 3 aromatic heterocycles. The molecule has 6 nitrogen and oxygen atoms in total. The van der Waals surface area contributed by atoms with Gasteiger partial charge in [-0.2, -0.15) is 45.3 Å². The standard InChI is InChI=1S/C18H16F8N6S/c1-8-11(29-28-10-3-4-10)5-12(33-8)9-6-27-32(7-9)15-13(17(21,22)23)14(30-31(15)2)16(19,20)18(24,25)26/h5-7,10,28-29H,3-4H2,1-2H3. The van der Waals surface area contributed by atoms with Gasteiger partial charge in [-0.15, -0.1) is 11.3 Å². The topological polar surface area (TPSA) is 59.7 Å². The SMILES string of the molecule is Cc1sc(-c2cnn(-c3c(C(F)(F)F)c(C(F)(F)C(F)(F)F)nn3C)c2)cc1NNC1CC1. The summed E-state index contributed by atoms with van der Waals surface area (Å²) in [6.07, 6.45) is -7.43. The van der Waals surface area contributed by atoms with Crippen LogP contribution in [0.25, 0.3) is 16.3 Å². The second-order valence-corrected chi connectivity index (χ2v) is 8.79. The Labute approximate surface area is 185 Å². The third-order valence-corrected chi connectivity index (χ3v) is 6.04. The third-order valence-electron chi connectivity index (χ3n) is 4.94. The number of aromatic nitrogens is 4. The van der Waals surface area contributed by atoms with Crippen LogP contribution in [0.2, 0.25) is 0 Å². The Kier molecular flexibility index (Phi) is 5.47. The van der Waals surface area contributed by atoms with Crippen molar-refractivity contribution < 1.29 is 35.1 Å². The fraction of sp³-hybridized carbons (Fsp3) is 0.444. The quantitative estimate of drug-likeness (QED) is 0.352. The molecule has 3 heterocycles. The number of thiophene rings is 1. The maximum absolute atomic E-state index is 13.9. The van der Waals surface area contributed by atoms with E-state index in [1.54, 1.807) is 6.07 Å². The number of nitrogens with zero attached hydrogens (tertiary/aromatic N) is 4. The molecule has 2 N–H and O–H groups in total.